The molecule has 8 heteroatoms. The first kappa shape index (κ1) is 23.1. The fourth-order valence-electron chi connectivity index (χ4n) is 2.96. The third-order valence-electron chi connectivity index (χ3n) is 4.45. The summed E-state index contributed by atoms with van der Waals surface area (Å²) in [5.41, 5.74) is 2.25. The van der Waals surface area contributed by atoms with E-state index in [0.29, 0.717) is 30.1 Å². The highest BCUT2D eigenvalue weighted by molar-refractivity contribution is 7.86. The van der Waals surface area contributed by atoms with E-state index in [9.17, 15) is 13.2 Å². The number of benzene rings is 3. The van der Waals surface area contributed by atoms with E-state index >= 15 is 0 Å². The van der Waals surface area contributed by atoms with E-state index < -0.39 is 16.1 Å². The highest BCUT2D eigenvalue weighted by atomic mass is 32.2. The van der Waals surface area contributed by atoms with E-state index in [2.05, 4.69) is 0 Å². The Balaban J connectivity index is 1.53. The molecule has 3 aromatic carbocycles. The van der Waals surface area contributed by atoms with Crippen molar-refractivity contribution in [2.24, 2.45) is 0 Å². The van der Waals surface area contributed by atoms with Crippen molar-refractivity contribution in [3.05, 3.63) is 89.5 Å². The molecule has 0 N–H and O–H groups in total. The molecule has 0 bridgehead atoms. The summed E-state index contributed by atoms with van der Waals surface area (Å²) in [5.74, 6) is 1.13. The fraction of sp³-hybridized carbons (Fsp3) is 0.208. The van der Waals surface area contributed by atoms with E-state index in [-0.39, 0.29) is 12.4 Å². The topological polar surface area (TPSA) is 88.1 Å². The van der Waals surface area contributed by atoms with E-state index in [1.807, 2.05) is 36.4 Å². The molecular formula is C24H24O7S. The van der Waals surface area contributed by atoms with Crippen LogP contribution in [0.5, 0.6) is 17.2 Å². The highest BCUT2D eigenvalue weighted by Gasteiger charge is 2.11. The number of carbonyl (C=O) groups is 1. The minimum absolute atomic E-state index is 0.235. The van der Waals surface area contributed by atoms with Crippen LogP contribution in [0.25, 0.3) is 0 Å². The van der Waals surface area contributed by atoms with E-state index in [1.165, 1.54) is 19.2 Å². The molecule has 0 aliphatic heterocycles. The molecule has 168 valence electrons. The summed E-state index contributed by atoms with van der Waals surface area (Å²) in [6, 6.07) is 21.2. The van der Waals surface area contributed by atoms with Crippen LogP contribution in [0.4, 0.5) is 0 Å². The summed E-state index contributed by atoms with van der Waals surface area (Å²) in [6.07, 6.45) is 1.64. The van der Waals surface area contributed by atoms with Crippen molar-refractivity contribution in [1.82, 2.24) is 0 Å². The second kappa shape index (κ2) is 10.7. The summed E-state index contributed by atoms with van der Waals surface area (Å²) in [7, 11) is -2.20. The third-order valence-corrected chi connectivity index (χ3v) is 4.94. The van der Waals surface area contributed by atoms with E-state index in [1.54, 1.807) is 24.3 Å². The molecule has 0 unspecified atom stereocenters. The summed E-state index contributed by atoms with van der Waals surface area (Å²) in [4.78, 5) is 11.9. The SMILES string of the molecule is COC(=O)c1ccccc1COc1cccc(CCOc2ccc(OS(C)(=O)=O)cc2)c1. The van der Waals surface area contributed by atoms with Gasteiger partial charge in [-0.1, -0.05) is 30.3 Å². The van der Waals surface area contributed by atoms with Gasteiger partial charge in [-0.05, 0) is 48.0 Å². The molecule has 7 nitrogen and oxygen atoms in total. The lowest BCUT2D eigenvalue weighted by Gasteiger charge is -2.11. The number of esters is 1. The number of ether oxygens (including phenoxy) is 3. The summed E-state index contributed by atoms with van der Waals surface area (Å²) in [6.45, 7) is 0.675. The van der Waals surface area contributed by atoms with Crippen LogP contribution in [0.15, 0.2) is 72.8 Å². The van der Waals surface area contributed by atoms with Gasteiger partial charge < -0.3 is 18.4 Å². The quantitative estimate of drug-likeness (QED) is 0.336. The van der Waals surface area contributed by atoms with Crippen LogP contribution in [0, 0.1) is 0 Å². The van der Waals surface area contributed by atoms with E-state index in [4.69, 9.17) is 18.4 Å². The Labute approximate surface area is 187 Å². The van der Waals surface area contributed by atoms with Gasteiger partial charge in [0.1, 0.15) is 23.9 Å². The van der Waals surface area contributed by atoms with Crippen LogP contribution in [0.3, 0.4) is 0 Å². The number of hydrogen-bond acceptors (Lipinski definition) is 7. The van der Waals surface area contributed by atoms with Crippen molar-refractivity contribution >= 4 is 16.1 Å². The highest BCUT2D eigenvalue weighted by Crippen LogP contribution is 2.20. The first-order valence-electron chi connectivity index (χ1n) is 9.84. The Morgan fingerprint density at radius 1 is 0.844 bits per heavy atom. The van der Waals surface area contributed by atoms with Gasteiger partial charge in [-0.15, -0.1) is 0 Å². The van der Waals surface area contributed by atoms with Crippen LogP contribution in [0.1, 0.15) is 21.5 Å². The molecule has 0 fully saturated rings. The standard InChI is InChI=1S/C24H24O7S/c1-28-24(25)23-9-4-3-7-19(23)17-30-22-8-5-6-18(16-22)14-15-29-20-10-12-21(13-11-20)31-32(2,26)27/h3-13,16H,14-15,17H2,1-2H3. The second-order valence-corrected chi connectivity index (χ2v) is 8.52. The Bertz CT molecular complexity index is 1150. The zero-order valence-corrected chi connectivity index (χ0v) is 18.6. The van der Waals surface area contributed by atoms with Gasteiger partial charge in [0, 0.05) is 12.0 Å². The Morgan fingerprint density at radius 2 is 1.56 bits per heavy atom. The van der Waals surface area contributed by atoms with E-state index in [0.717, 1.165) is 17.4 Å². The molecule has 32 heavy (non-hydrogen) atoms. The van der Waals surface area contributed by atoms with Gasteiger partial charge in [0.05, 0.1) is 25.5 Å². The normalized spacial score (nSPS) is 10.9. The maximum atomic E-state index is 11.9. The fourth-order valence-corrected chi connectivity index (χ4v) is 3.42. The zero-order chi connectivity index (χ0) is 23.0. The van der Waals surface area contributed by atoms with Crippen LogP contribution < -0.4 is 13.7 Å². The first-order chi connectivity index (χ1) is 15.3. The van der Waals surface area contributed by atoms with Gasteiger partial charge in [-0.3, -0.25) is 0 Å². The average Bonchev–Trinajstić information content (AvgIpc) is 2.78. The molecular weight excluding hydrogens is 432 g/mol. The van der Waals surface area contributed by atoms with Gasteiger partial charge in [0.25, 0.3) is 0 Å². The maximum Gasteiger partial charge on any atom is 0.338 e. The van der Waals surface area contributed by atoms with Crippen LogP contribution in [0.2, 0.25) is 0 Å². The largest absolute Gasteiger partial charge is 0.493 e. The number of carbonyl (C=O) groups excluding carboxylic acids is 1. The van der Waals surface area contributed by atoms with Gasteiger partial charge >= 0.3 is 16.1 Å². The molecule has 0 aliphatic rings. The molecule has 0 spiro atoms. The maximum absolute atomic E-state index is 11.9. The predicted octanol–water partition coefficient (Wildman–Crippen LogP) is 4.01. The summed E-state index contributed by atoms with van der Waals surface area (Å²) < 4.78 is 43.5. The lowest BCUT2D eigenvalue weighted by molar-refractivity contribution is 0.0597. The monoisotopic (exact) mass is 456 g/mol. The van der Waals surface area contributed by atoms with Crippen molar-refractivity contribution in [3.8, 4) is 17.2 Å². The predicted molar refractivity (Wildman–Crippen MR) is 120 cm³/mol. The number of hydrogen-bond donors (Lipinski definition) is 0. The molecule has 0 heterocycles. The van der Waals surface area contributed by atoms with Gasteiger partial charge in [-0.2, -0.15) is 8.42 Å². The summed E-state index contributed by atoms with van der Waals surface area (Å²) >= 11 is 0. The Morgan fingerprint density at radius 3 is 2.28 bits per heavy atom. The van der Waals surface area contributed by atoms with Crippen LogP contribution in [-0.4, -0.2) is 34.4 Å². The molecule has 0 atom stereocenters. The zero-order valence-electron chi connectivity index (χ0n) is 17.8. The minimum Gasteiger partial charge on any atom is -0.493 e. The molecule has 0 aliphatic carbocycles. The third kappa shape index (κ3) is 7.02. The lowest BCUT2D eigenvalue weighted by Crippen LogP contribution is -2.08. The number of methoxy groups -OCH3 is 1. The smallest absolute Gasteiger partial charge is 0.338 e. The van der Waals surface area contributed by atoms with Crippen molar-refractivity contribution in [3.63, 3.8) is 0 Å². The average molecular weight is 457 g/mol. The molecule has 3 aromatic rings. The van der Waals surface area contributed by atoms with Crippen molar-refractivity contribution in [2.45, 2.75) is 13.0 Å². The second-order valence-electron chi connectivity index (χ2n) is 6.94. The van der Waals surface area contributed by atoms with Gasteiger partial charge in [-0.25, -0.2) is 4.79 Å². The minimum atomic E-state index is -3.55. The molecule has 0 amide bonds. The van der Waals surface area contributed by atoms with Crippen LogP contribution in [-0.2, 0) is 27.9 Å². The Kier molecular flexibility index (Phi) is 7.72. The van der Waals surface area contributed by atoms with Crippen molar-refractivity contribution < 1.29 is 31.6 Å². The molecule has 0 saturated heterocycles. The molecule has 0 radical (unpaired) electrons. The van der Waals surface area contributed by atoms with Crippen molar-refractivity contribution in [1.29, 1.82) is 0 Å². The molecule has 0 aromatic heterocycles. The van der Waals surface area contributed by atoms with Gasteiger partial charge in [0.2, 0.25) is 0 Å². The first-order valence-corrected chi connectivity index (χ1v) is 11.7. The van der Waals surface area contributed by atoms with Gasteiger partial charge in [0.15, 0.2) is 0 Å². The lowest BCUT2D eigenvalue weighted by atomic mass is 10.1. The molecule has 3 rings (SSSR count). The number of rotatable bonds is 10. The molecule has 0 saturated carbocycles. The summed E-state index contributed by atoms with van der Waals surface area (Å²) in [5, 5.41) is 0. The Hall–Kier alpha value is -3.52. The van der Waals surface area contributed by atoms with Crippen LogP contribution >= 0.6 is 0 Å². The van der Waals surface area contributed by atoms with Crippen molar-refractivity contribution in [2.75, 3.05) is 20.0 Å².